The van der Waals surface area contributed by atoms with Gasteiger partial charge in [-0.3, -0.25) is 9.59 Å². The van der Waals surface area contributed by atoms with Crippen LogP contribution in [0, 0.1) is 5.92 Å². The number of hydrogen-bond acceptors (Lipinski definition) is 5. The smallest absolute Gasteiger partial charge is 0.254 e. The Labute approximate surface area is 194 Å². The number of carbonyl (C=O) groups is 2. The fourth-order valence-corrected chi connectivity index (χ4v) is 6.10. The zero-order valence-electron chi connectivity index (χ0n) is 17.8. The van der Waals surface area contributed by atoms with Gasteiger partial charge in [0, 0.05) is 17.0 Å². The third kappa shape index (κ3) is 3.72. The monoisotopic (exact) mass is 461 g/mol. The van der Waals surface area contributed by atoms with Crippen molar-refractivity contribution in [2.24, 2.45) is 5.92 Å². The Balaban J connectivity index is 1.59. The number of thiazole rings is 1. The van der Waals surface area contributed by atoms with Gasteiger partial charge in [-0.25, -0.2) is 4.98 Å². The Kier molecular flexibility index (Phi) is 5.53. The average molecular weight is 462 g/mol. The Hall–Kier alpha value is -3.03. The van der Waals surface area contributed by atoms with E-state index in [9.17, 15) is 9.59 Å². The van der Waals surface area contributed by atoms with Gasteiger partial charge in [0.15, 0.2) is 5.13 Å². The molecule has 2 atom stereocenters. The number of anilines is 1. The molecular formula is C25H23N3O2S2. The number of aromatic nitrogens is 1. The number of para-hydroxylation sites is 1. The van der Waals surface area contributed by atoms with Crippen molar-refractivity contribution in [3.05, 3.63) is 82.0 Å². The summed E-state index contributed by atoms with van der Waals surface area (Å²) in [5.41, 5.74) is 2.24. The van der Waals surface area contributed by atoms with Gasteiger partial charge >= 0.3 is 0 Å². The molecule has 32 heavy (non-hydrogen) atoms. The lowest BCUT2D eigenvalue weighted by Gasteiger charge is -2.41. The Bertz CT molecular complexity index is 1250. The van der Waals surface area contributed by atoms with Crippen LogP contribution in [0.5, 0.6) is 0 Å². The molecule has 0 unspecified atom stereocenters. The van der Waals surface area contributed by atoms with Crippen LogP contribution >= 0.6 is 22.7 Å². The summed E-state index contributed by atoms with van der Waals surface area (Å²) in [5, 5.41) is 5.63. The predicted octanol–water partition coefficient (Wildman–Crippen LogP) is 5.93. The van der Waals surface area contributed by atoms with Crippen LogP contribution < -0.4 is 5.32 Å². The number of nitrogens with one attached hydrogen (secondary N) is 1. The van der Waals surface area contributed by atoms with Crippen molar-refractivity contribution in [2.75, 3.05) is 11.9 Å². The number of fused-ring (bicyclic) bond motifs is 2. The molecule has 0 aliphatic carbocycles. The van der Waals surface area contributed by atoms with Gasteiger partial charge in [0.1, 0.15) is 0 Å². The van der Waals surface area contributed by atoms with E-state index >= 15 is 0 Å². The number of rotatable bonds is 5. The van der Waals surface area contributed by atoms with Crippen LogP contribution in [0.4, 0.5) is 5.13 Å². The molecule has 5 rings (SSSR count). The van der Waals surface area contributed by atoms with E-state index in [1.165, 1.54) is 11.3 Å². The second kappa shape index (κ2) is 8.48. The van der Waals surface area contributed by atoms with Crippen molar-refractivity contribution in [3.63, 3.8) is 0 Å². The van der Waals surface area contributed by atoms with Crippen molar-refractivity contribution in [2.45, 2.75) is 25.8 Å². The van der Waals surface area contributed by atoms with Crippen molar-refractivity contribution in [1.29, 1.82) is 0 Å². The van der Waals surface area contributed by atoms with E-state index in [0.29, 0.717) is 17.2 Å². The second-order valence-corrected chi connectivity index (χ2v) is 10.4. The minimum absolute atomic E-state index is 0.0169. The highest BCUT2D eigenvalue weighted by Crippen LogP contribution is 2.45. The lowest BCUT2D eigenvalue weighted by molar-refractivity contribution is -0.119. The largest absolute Gasteiger partial charge is 0.329 e. The minimum Gasteiger partial charge on any atom is -0.329 e. The maximum absolute atomic E-state index is 13.8. The molecule has 2 amide bonds. The summed E-state index contributed by atoms with van der Waals surface area (Å²) in [6.45, 7) is 4.77. The standard InChI is InChI=1S/C25H23N3O2S2/c1-15(2)14-28-22(20-12-7-13-31-20)21(16-8-3-4-9-17(16)24(28)30)23(29)27-25-26-18-10-5-6-11-19(18)32-25/h3-13,15,21-22H,14H2,1-2H3,(H,26,27,29)/t21-,22+/m0/s1. The number of amides is 2. The molecule has 3 heterocycles. The van der Waals surface area contributed by atoms with Gasteiger partial charge < -0.3 is 10.2 Å². The number of thiophene rings is 1. The van der Waals surface area contributed by atoms with Crippen LogP contribution in [0.15, 0.2) is 66.0 Å². The van der Waals surface area contributed by atoms with E-state index in [-0.39, 0.29) is 23.8 Å². The first kappa shape index (κ1) is 20.8. The number of carbonyl (C=O) groups excluding carboxylic acids is 2. The number of benzene rings is 2. The highest BCUT2D eigenvalue weighted by molar-refractivity contribution is 7.22. The van der Waals surface area contributed by atoms with Gasteiger partial charge in [-0.2, -0.15) is 0 Å². The molecule has 0 spiro atoms. The third-order valence-corrected chi connectivity index (χ3v) is 7.54. The van der Waals surface area contributed by atoms with Crippen LogP contribution in [-0.4, -0.2) is 28.2 Å². The van der Waals surface area contributed by atoms with E-state index in [2.05, 4.69) is 24.1 Å². The normalized spacial score (nSPS) is 18.2. The van der Waals surface area contributed by atoms with Crippen molar-refractivity contribution in [1.82, 2.24) is 9.88 Å². The summed E-state index contributed by atoms with van der Waals surface area (Å²) in [7, 11) is 0. The molecule has 7 heteroatoms. The summed E-state index contributed by atoms with van der Waals surface area (Å²) in [6, 6.07) is 19.0. The fourth-order valence-electron chi connectivity index (χ4n) is 4.35. The zero-order valence-corrected chi connectivity index (χ0v) is 19.5. The van der Waals surface area contributed by atoms with Crippen molar-refractivity contribution < 1.29 is 9.59 Å². The molecule has 5 nitrogen and oxygen atoms in total. The maximum Gasteiger partial charge on any atom is 0.254 e. The first-order valence-corrected chi connectivity index (χ1v) is 12.3. The van der Waals surface area contributed by atoms with Gasteiger partial charge in [0.05, 0.1) is 22.2 Å². The average Bonchev–Trinajstić information content (AvgIpc) is 3.44. The van der Waals surface area contributed by atoms with Gasteiger partial charge in [0.25, 0.3) is 5.91 Å². The molecule has 0 fully saturated rings. The molecule has 0 bridgehead atoms. The van der Waals surface area contributed by atoms with E-state index < -0.39 is 5.92 Å². The lowest BCUT2D eigenvalue weighted by Crippen LogP contribution is -2.47. The van der Waals surface area contributed by atoms with Gasteiger partial charge in [0.2, 0.25) is 5.91 Å². The molecule has 0 saturated carbocycles. The first-order chi connectivity index (χ1) is 15.5. The predicted molar refractivity (Wildman–Crippen MR) is 130 cm³/mol. The van der Waals surface area contributed by atoms with Crippen LogP contribution in [0.1, 0.15) is 46.6 Å². The summed E-state index contributed by atoms with van der Waals surface area (Å²) in [4.78, 5) is 34.7. The summed E-state index contributed by atoms with van der Waals surface area (Å²) in [6.07, 6.45) is 0. The van der Waals surface area contributed by atoms with E-state index in [0.717, 1.165) is 20.7 Å². The maximum atomic E-state index is 13.8. The Morgan fingerprint density at radius 3 is 2.62 bits per heavy atom. The van der Waals surface area contributed by atoms with Crippen LogP contribution in [0.2, 0.25) is 0 Å². The molecule has 162 valence electrons. The van der Waals surface area contributed by atoms with Gasteiger partial charge in [-0.05, 0) is 41.1 Å². The molecule has 0 saturated heterocycles. The minimum atomic E-state index is -0.520. The van der Waals surface area contributed by atoms with Crippen molar-refractivity contribution >= 4 is 49.8 Å². The molecule has 2 aromatic carbocycles. The van der Waals surface area contributed by atoms with E-state index in [1.54, 1.807) is 11.3 Å². The molecule has 2 aromatic heterocycles. The first-order valence-electron chi connectivity index (χ1n) is 10.6. The van der Waals surface area contributed by atoms with Crippen molar-refractivity contribution in [3.8, 4) is 0 Å². The quantitative estimate of drug-likeness (QED) is 0.400. The van der Waals surface area contributed by atoms with E-state index in [1.807, 2.05) is 70.9 Å². The van der Waals surface area contributed by atoms with Crippen LogP contribution in [-0.2, 0) is 4.79 Å². The van der Waals surface area contributed by atoms with Gasteiger partial charge in [-0.15, -0.1) is 11.3 Å². The Morgan fingerprint density at radius 1 is 1.09 bits per heavy atom. The second-order valence-electron chi connectivity index (χ2n) is 8.35. The molecule has 0 radical (unpaired) electrons. The van der Waals surface area contributed by atoms with Gasteiger partial charge in [-0.1, -0.05) is 61.6 Å². The van der Waals surface area contributed by atoms with E-state index in [4.69, 9.17) is 0 Å². The summed E-state index contributed by atoms with van der Waals surface area (Å²) >= 11 is 3.04. The number of hydrogen-bond donors (Lipinski definition) is 1. The topological polar surface area (TPSA) is 62.3 Å². The SMILES string of the molecule is CC(C)CN1C(=O)c2ccccc2[C@H](C(=O)Nc2nc3ccccc3s2)[C@H]1c1cccs1. The molecule has 1 aliphatic heterocycles. The third-order valence-electron chi connectivity index (χ3n) is 5.64. The van der Waals surface area contributed by atoms with Crippen LogP contribution in [0.25, 0.3) is 10.2 Å². The lowest BCUT2D eigenvalue weighted by atomic mass is 9.81. The highest BCUT2D eigenvalue weighted by atomic mass is 32.1. The summed E-state index contributed by atoms with van der Waals surface area (Å²) in [5.74, 6) is -0.402. The molecule has 1 aliphatic rings. The summed E-state index contributed by atoms with van der Waals surface area (Å²) < 4.78 is 1.03. The number of nitrogens with zero attached hydrogens (tertiary/aromatic N) is 2. The molecular weight excluding hydrogens is 438 g/mol. The molecule has 4 aromatic rings. The molecule has 1 N–H and O–H groups in total. The zero-order chi connectivity index (χ0) is 22.2. The van der Waals surface area contributed by atoms with Crippen LogP contribution in [0.3, 0.4) is 0 Å². The fraction of sp³-hybridized carbons (Fsp3) is 0.240. The highest BCUT2D eigenvalue weighted by Gasteiger charge is 2.44. The Morgan fingerprint density at radius 2 is 1.88 bits per heavy atom.